The maximum absolute atomic E-state index is 3.92. The summed E-state index contributed by atoms with van der Waals surface area (Å²) in [6.45, 7) is 12.6. The summed E-state index contributed by atoms with van der Waals surface area (Å²) in [6, 6.07) is 9.21. The number of nitrogens with zero attached hydrogens (tertiary/aromatic N) is 1. The van der Waals surface area contributed by atoms with Gasteiger partial charge >= 0.3 is 0 Å². The zero-order valence-corrected chi connectivity index (χ0v) is 11.6. The summed E-state index contributed by atoms with van der Waals surface area (Å²) in [5.74, 6) is 0.616. The molecule has 2 rings (SSSR count). The molecule has 1 heteroatoms. The van der Waals surface area contributed by atoms with Gasteiger partial charge in [0.2, 0.25) is 0 Å². The van der Waals surface area contributed by atoms with Crippen molar-refractivity contribution in [3.8, 4) is 0 Å². The molecule has 0 aromatic heterocycles. The van der Waals surface area contributed by atoms with Gasteiger partial charge in [-0.05, 0) is 36.8 Å². The van der Waals surface area contributed by atoms with Crippen LogP contribution in [0.15, 0.2) is 62.2 Å². The first-order valence-electron chi connectivity index (χ1n) is 6.99. The van der Waals surface area contributed by atoms with Gasteiger partial charge in [-0.1, -0.05) is 36.4 Å². The van der Waals surface area contributed by atoms with Crippen molar-refractivity contribution >= 4 is 5.69 Å². The number of hydrogen-bond donors (Lipinski definition) is 0. The minimum Gasteiger partial charge on any atom is -0.364 e. The summed E-state index contributed by atoms with van der Waals surface area (Å²) < 4.78 is 0. The molecule has 0 saturated heterocycles. The van der Waals surface area contributed by atoms with E-state index in [2.05, 4.69) is 48.9 Å². The summed E-state index contributed by atoms with van der Waals surface area (Å²) in [6.07, 6.45) is 9.27. The zero-order chi connectivity index (χ0) is 13.7. The molecule has 0 radical (unpaired) electrons. The second-order valence-corrected chi connectivity index (χ2v) is 5.15. The lowest BCUT2D eigenvalue weighted by Gasteiger charge is -2.43. The lowest BCUT2D eigenvalue weighted by Crippen LogP contribution is -2.45. The Kier molecular flexibility index (Phi) is 4.62. The highest BCUT2D eigenvalue weighted by Gasteiger charge is 2.31. The molecule has 19 heavy (non-hydrogen) atoms. The highest BCUT2D eigenvalue weighted by atomic mass is 15.2. The molecule has 1 heterocycles. The van der Waals surface area contributed by atoms with E-state index in [-0.39, 0.29) is 0 Å². The highest BCUT2D eigenvalue weighted by Crippen LogP contribution is 2.36. The van der Waals surface area contributed by atoms with Gasteiger partial charge in [-0.25, -0.2) is 0 Å². The second-order valence-electron chi connectivity index (χ2n) is 5.15. The molecular formula is C18H23N. The predicted octanol–water partition coefficient (Wildman–Crippen LogP) is 4.37. The van der Waals surface area contributed by atoms with Crippen LogP contribution in [-0.2, 0) is 6.42 Å². The second kappa shape index (κ2) is 6.42. The minimum atomic E-state index is 0.503. The molecule has 0 N–H and O–H groups in total. The van der Waals surface area contributed by atoms with Crippen LogP contribution < -0.4 is 4.90 Å². The molecule has 1 aliphatic heterocycles. The first-order valence-corrected chi connectivity index (χ1v) is 6.99. The Morgan fingerprint density at radius 1 is 1.05 bits per heavy atom. The number of rotatable bonds is 6. The van der Waals surface area contributed by atoms with Crippen LogP contribution in [0.5, 0.6) is 0 Å². The van der Waals surface area contributed by atoms with Crippen molar-refractivity contribution in [1.29, 1.82) is 0 Å². The maximum Gasteiger partial charge on any atom is 0.0404 e. The Hall–Kier alpha value is -1.76. The quantitative estimate of drug-likeness (QED) is 0.680. The molecule has 0 saturated carbocycles. The summed E-state index contributed by atoms with van der Waals surface area (Å²) in [4.78, 5) is 2.47. The minimum absolute atomic E-state index is 0.503. The van der Waals surface area contributed by atoms with Gasteiger partial charge in [0.25, 0.3) is 0 Å². The molecule has 0 amide bonds. The fourth-order valence-corrected chi connectivity index (χ4v) is 3.13. The van der Waals surface area contributed by atoms with Crippen LogP contribution in [0.1, 0.15) is 18.4 Å². The SMILES string of the molecule is C=CCC1Cc2ccccc2N(CC=C)C1CC=C. The van der Waals surface area contributed by atoms with E-state index in [1.165, 1.54) is 11.3 Å². The molecule has 100 valence electrons. The highest BCUT2D eigenvalue weighted by molar-refractivity contribution is 5.57. The van der Waals surface area contributed by atoms with E-state index in [9.17, 15) is 0 Å². The van der Waals surface area contributed by atoms with Gasteiger partial charge in [0.05, 0.1) is 0 Å². The molecule has 2 unspecified atom stereocenters. The van der Waals surface area contributed by atoms with Crippen LogP contribution >= 0.6 is 0 Å². The van der Waals surface area contributed by atoms with Crippen LogP contribution in [0.4, 0.5) is 5.69 Å². The molecular weight excluding hydrogens is 230 g/mol. The molecule has 1 nitrogen and oxygen atoms in total. The van der Waals surface area contributed by atoms with Crippen molar-refractivity contribution < 1.29 is 0 Å². The zero-order valence-electron chi connectivity index (χ0n) is 11.6. The van der Waals surface area contributed by atoms with E-state index in [1.54, 1.807) is 0 Å². The molecule has 1 aliphatic rings. The molecule has 1 aromatic rings. The van der Waals surface area contributed by atoms with Gasteiger partial charge in [0, 0.05) is 18.3 Å². The number of anilines is 1. The van der Waals surface area contributed by atoms with Crippen LogP contribution in [-0.4, -0.2) is 12.6 Å². The van der Waals surface area contributed by atoms with Gasteiger partial charge in [0.15, 0.2) is 0 Å². The molecule has 0 spiro atoms. The molecule has 0 bridgehead atoms. The monoisotopic (exact) mass is 253 g/mol. The van der Waals surface area contributed by atoms with E-state index in [0.29, 0.717) is 12.0 Å². The van der Waals surface area contributed by atoms with E-state index in [0.717, 1.165) is 25.8 Å². The van der Waals surface area contributed by atoms with Crippen molar-refractivity contribution in [3.63, 3.8) is 0 Å². The summed E-state index contributed by atoms with van der Waals surface area (Å²) >= 11 is 0. The van der Waals surface area contributed by atoms with Crippen molar-refractivity contribution in [2.75, 3.05) is 11.4 Å². The van der Waals surface area contributed by atoms with Crippen molar-refractivity contribution in [1.82, 2.24) is 0 Å². The van der Waals surface area contributed by atoms with Gasteiger partial charge in [-0.2, -0.15) is 0 Å². The topological polar surface area (TPSA) is 3.24 Å². The number of fused-ring (bicyclic) bond motifs is 1. The van der Waals surface area contributed by atoms with Crippen LogP contribution in [0, 0.1) is 5.92 Å². The third-order valence-electron chi connectivity index (χ3n) is 3.93. The summed E-state index contributed by atoms with van der Waals surface area (Å²) in [7, 11) is 0. The number of para-hydroxylation sites is 1. The van der Waals surface area contributed by atoms with E-state index < -0.39 is 0 Å². The van der Waals surface area contributed by atoms with Crippen molar-refractivity contribution in [3.05, 3.63) is 67.8 Å². The number of allylic oxidation sites excluding steroid dienone is 1. The maximum atomic E-state index is 3.92. The van der Waals surface area contributed by atoms with E-state index in [1.807, 2.05) is 18.2 Å². The standard InChI is InChI=1S/C18H23N/c1-4-9-15-14-16-11-7-8-12-18(16)19(13-6-3)17(15)10-5-2/h4-8,11-12,15,17H,1-3,9-10,13-14H2. The third kappa shape index (κ3) is 2.81. The predicted molar refractivity (Wildman–Crippen MR) is 84.6 cm³/mol. The fraction of sp³-hybridized carbons (Fsp3) is 0.333. The number of benzene rings is 1. The Bertz CT molecular complexity index is 461. The van der Waals surface area contributed by atoms with Crippen LogP contribution in [0.3, 0.4) is 0 Å². The number of hydrogen-bond acceptors (Lipinski definition) is 1. The van der Waals surface area contributed by atoms with Crippen molar-refractivity contribution in [2.24, 2.45) is 5.92 Å². The molecule has 1 aromatic carbocycles. The third-order valence-corrected chi connectivity index (χ3v) is 3.93. The van der Waals surface area contributed by atoms with Crippen LogP contribution in [0.25, 0.3) is 0 Å². The first kappa shape index (κ1) is 13.7. The largest absolute Gasteiger partial charge is 0.364 e. The molecule has 0 aliphatic carbocycles. The Labute approximate surface area is 116 Å². The fourth-order valence-electron chi connectivity index (χ4n) is 3.13. The summed E-state index contributed by atoms with van der Waals surface area (Å²) in [5.41, 5.74) is 2.80. The molecule has 0 fully saturated rings. The Morgan fingerprint density at radius 3 is 2.47 bits per heavy atom. The van der Waals surface area contributed by atoms with Gasteiger partial charge in [0.1, 0.15) is 0 Å². The Balaban J connectivity index is 2.39. The lowest BCUT2D eigenvalue weighted by atomic mass is 9.82. The van der Waals surface area contributed by atoms with Gasteiger partial charge in [-0.3, -0.25) is 0 Å². The van der Waals surface area contributed by atoms with Gasteiger partial charge < -0.3 is 4.90 Å². The smallest absolute Gasteiger partial charge is 0.0404 e. The average Bonchev–Trinajstić information content (AvgIpc) is 2.43. The van der Waals surface area contributed by atoms with Crippen molar-refractivity contribution in [2.45, 2.75) is 25.3 Å². The van der Waals surface area contributed by atoms with E-state index in [4.69, 9.17) is 0 Å². The first-order chi connectivity index (χ1) is 9.31. The average molecular weight is 253 g/mol. The molecule has 2 atom stereocenters. The summed E-state index contributed by atoms with van der Waals surface area (Å²) in [5, 5.41) is 0. The lowest BCUT2D eigenvalue weighted by molar-refractivity contribution is 0.385. The van der Waals surface area contributed by atoms with Crippen LogP contribution in [0.2, 0.25) is 0 Å². The Morgan fingerprint density at radius 2 is 1.79 bits per heavy atom. The van der Waals surface area contributed by atoms with E-state index >= 15 is 0 Å². The normalized spacial score (nSPS) is 21.6. The van der Waals surface area contributed by atoms with Gasteiger partial charge in [-0.15, -0.1) is 19.7 Å².